The Balaban J connectivity index is 0.000000199. The Hall–Kier alpha value is 1.37. The number of hydrogen-bond donors (Lipinski definition) is 0. The van der Waals surface area contributed by atoms with Gasteiger partial charge in [0.05, 0.1) is 12.9 Å². The molecule has 0 saturated heterocycles. The zero-order chi connectivity index (χ0) is 13.9. The van der Waals surface area contributed by atoms with Crippen LogP contribution < -0.4 is 0 Å². The fourth-order valence-corrected chi connectivity index (χ4v) is 5.05. The van der Waals surface area contributed by atoms with Crippen LogP contribution in [0.25, 0.3) is 0 Å². The van der Waals surface area contributed by atoms with Crippen LogP contribution in [0.3, 0.4) is 0 Å². The summed E-state index contributed by atoms with van der Waals surface area (Å²) in [5.41, 5.74) is 1.00. The molecule has 2 aliphatic rings. The van der Waals surface area contributed by atoms with Crippen LogP contribution in [0.4, 0.5) is 0 Å². The number of alkyl halides is 2. The average molecular weight is 500 g/mol. The Kier molecular flexibility index (Phi) is 6.67. The number of rotatable bonds is 6. The highest BCUT2D eigenvalue weighted by atomic mass is 127. The lowest BCUT2D eigenvalue weighted by Crippen LogP contribution is -2.13. The van der Waals surface area contributed by atoms with Gasteiger partial charge >= 0.3 is 0 Å². The summed E-state index contributed by atoms with van der Waals surface area (Å²) in [7, 11) is -3.23. The monoisotopic (exact) mass is 500 g/mol. The molecule has 18 heavy (non-hydrogen) atoms. The van der Waals surface area contributed by atoms with Crippen molar-refractivity contribution in [1.29, 1.82) is 0 Å². The van der Waals surface area contributed by atoms with E-state index in [-0.39, 0.29) is 5.41 Å². The molecule has 0 unspecified atom stereocenters. The van der Waals surface area contributed by atoms with Gasteiger partial charge in [0, 0.05) is 8.86 Å². The summed E-state index contributed by atoms with van der Waals surface area (Å²) in [5, 5.41) is 0. The zero-order valence-electron chi connectivity index (χ0n) is 11.0. The molecule has 0 aliphatic heterocycles. The Bertz CT molecular complexity index is 354. The molecule has 0 aromatic carbocycles. The van der Waals surface area contributed by atoms with Gasteiger partial charge in [-0.3, -0.25) is 4.18 Å². The summed E-state index contributed by atoms with van der Waals surface area (Å²) in [5.74, 6) is 0. The molecular weight excluding hydrogens is 478 g/mol. The van der Waals surface area contributed by atoms with Gasteiger partial charge in [-0.1, -0.05) is 52.1 Å². The van der Waals surface area contributed by atoms with Crippen LogP contribution in [0.5, 0.6) is 0 Å². The van der Waals surface area contributed by atoms with E-state index in [0.29, 0.717) is 6.61 Å². The molecule has 0 N–H and O–H groups in total. The predicted octanol–water partition coefficient (Wildman–Crippen LogP) is 3.79. The van der Waals surface area contributed by atoms with Crippen LogP contribution in [0.1, 0.15) is 39.0 Å². The molecule has 2 aliphatic carbocycles. The van der Waals surface area contributed by atoms with Crippen molar-refractivity contribution in [3.05, 3.63) is 0 Å². The van der Waals surface area contributed by atoms with Crippen molar-refractivity contribution in [2.75, 3.05) is 21.7 Å². The molecule has 2 saturated carbocycles. The molecule has 0 amide bonds. The number of hydrogen-bond acceptors (Lipinski definition) is 3. The molecule has 108 valence electrons. The van der Waals surface area contributed by atoms with E-state index in [0.717, 1.165) is 30.9 Å². The first-order chi connectivity index (χ1) is 8.30. The highest BCUT2D eigenvalue weighted by molar-refractivity contribution is 14.1. The molecule has 2 rings (SSSR count). The molecule has 3 nitrogen and oxygen atoms in total. The largest absolute Gasteiger partial charge is 0.270 e. The van der Waals surface area contributed by atoms with Gasteiger partial charge in [0.2, 0.25) is 0 Å². The summed E-state index contributed by atoms with van der Waals surface area (Å²) in [6.45, 7) is 2.45. The van der Waals surface area contributed by atoms with Gasteiger partial charge in [-0.25, -0.2) is 0 Å². The van der Waals surface area contributed by atoms with Gasteiger partial charge in [-0.2, -0.15) is 8.42 Å². The molecule has 0 aromatic rings. The van der Waals surface area contributed by atoms with Crippen LogP contribution in [-0.2, 0) is 14.3 Å². The van der Waals surface area contributed by atoms with Gasteiger partial charge in [-0.15, -0.1) is 0 Å². The minimum absolute atomic E-state index is 0.198. The Labute approximate surface area is 138 Å². The molecule has 0 heterocycles. The van der Waals surface area contributed by atoms with Crippen LogP contribution in [0.15, 0.2) is 0 Å². The quantitative estimate of drug-likeness (QED) is 0.317. The fourth-order valence-electron chi connectivity index (χ4n) is 1.49. The second kappa shape index (κ2) is 6.89. The molecule has 0 aromatic heterocycles. The van der Waals surface area contributed by atoms with Crippen molar-refractivity contribution in [2.24, 2.45) is 10.8 Å². The maximum Gasteiger partial charge on any atom is 0.264 e. The summed E-state index contributed by atoms with van der Waals surface area (Å²) < 4.78 is 28.7. The first-order valence-corrected chi connectivity index (χ1v) is 11.1. The predicted molar refractivity (Wildman–Crippen MR) is 92.2 cm³/mol. The molecule has 0 bridgehead atoms. The van der Waals surface area contributed by atoms with Gasteiger partial charge < -0.3 is 0 Å². The van der Waals surface area contributed by atoms with E-state index in [1.54, 1.807) is 0 Å². The summed E-state index contributed by atoms with van der Waals surface area (Å²) in [6.07, 6.45) is 7.30. The first kappa shape index (κ1) is 17.4. The Morgan fingerprint density at radius 1 is 1.06 bits per heavy atom. The molecule has 0 atom stereocenters. The fraction of sp³-hybridized carbons (Fsp3) is 1.00. The minimum atomic E-state index is -3.23. The van der Waals surface area contributed by atoms with E-state index in [4.69, 9.17) is 4.18 Å². The Morgan fingerprint density at radius 3 is 1.67 bits per heavy atom. The third-order valence-electron chi connectivity index (χ3n) is 3.81. The van der Waals surface area contributed by atoms with E-state index < -0.39 is 10.1 Å². The van der Waals surface area contributed by atoms with Crippen LogP contribution >= 0.6 is 45.2 Å². The standard InChI is InChI=1S/C7H14O3S.C5H8I2/c1-3-7(4-5-7)6-10-11(2,8)9;6-3-5(4-7)1-2-5/h3-6H2,1-2H3;1-4H2. The van der Waals surface area contributed by atoms with Crippen molar-refractivity contribution in [3.63, 3.8) is 0 Å². The highest BCUT2D eigenvalue weighted by Crippen LogP contribution is 2.49. The van der Waals surface area contributed by atoms with Gasteiger partial charge in [0.15, 0.2) is 0 Å². The van der Waals surface area contributed by atoms with Crippen molar-refractivity contribution in [2.45, 2.75) is 39.0 Å². The van der Waals surface area contributed by atoms with Crippen LogP contribution in [-0.4, -0.2) is 30.1 Å². The lowest BCUT2D eigenvalue weighted by molar-refractivity contribution is 0.237. The smallest absolute Gasteiger partial charge is 0.264 e. The van der Waals surface area contributed by atoms with Gasteiger partial charge in [0.25, 0.3) is 10.1 Å². The normalized spacial score (nSPS) is 22.9. The molecule has 0 spiro atoms. The molecule has 2 fully saturated rings. The van der Waals surface area contributed by atoms with Crippen molar-refractivity contribution in [3.8, 4) is 0 Å². The maximum atomic E-state index is 10.6. The topological polar surface area (TPSA) is 43.4 Å². The zero-order valence-corrected chi connectivity index (χ0v) is 16.2. The lowest BCUT2D eigenvalue weighted by atomic mass is 10.1. The summed E-state index contributed by atoms with van der Waals surface area (Å²) >= 11 is 4.98. The summed E-state index contributed by atoms with van der Waals surface area (Å²) in [4.78, 5) is 0. The number of halogens is 2. The SMILES string of the molecule is CCC1(COS(C)(=O)=O)CC1.ICC1(CI)CC1. The van der Waals surface area contributed by atoms with E-state index in [9.17, 15) is 8.42 Å². The molecular formula is C12H22I2O3S. The van der Waals surface area contributed by atoms with Crippen molar-refractivity contribution in [1.82, 2.24) is 0 Å². The minimum Gasteiger partial charge on any atom is -0.270 e. The third kappa shape index (κ3) is 6.21. The highest BCUT2D eigenvalue weighted by Gasteiger charge is 2.41. The van der Waals surface area contributed by atoms with E-state index >= 15 is 0 Å². The second-order valence-corrected chi connectivity index (χ2v) is 8.76. The Morgan fingerprint density at radius 2 is 1.50 bits per heavy atom. The van der Waals surface area contributed by atoms with Gasteiger partial charge in [-0.05, 0) is 42.9 Å². The summed E-state index contributed by atoms with van der Waals surface area (Å²) in [6, 6.07) is 0. The lowest BCUT2D eigenvalue weighted by Gasteiger charge is -2.10. The molecule has 6 heteroatoms. The van der Waals surface area contributed by atoms with E-state index in [1.165, 1.54) is 21.7 Å². The molecule has 0 radical (unpaired) electrons. The third-order valence-corrected chi connectivity index (χ3v) is 7.59. The van der Waals surface area contributed by atoms with E-state index in [2.05, 4.69) is 52.1 Å². The first-order valence-electron chi connectivity index (χ1n) is 6.27. The maximum absolute atomic E-state index is 10.6. The van der Waals surface area contributed by atoms with Crippen LogP contribution in [0, 0.1) is 10.8 Å². The second-order valence-electron chi connectivity index (χ2n) is 5.59. The van der Waals surface area contributed by atoms with Crippen molar-refractivity contribution >= 4 is 55.3 Å². The van der Waals surface area contributed by atoms with Crippen LogP contribution in [0.2, 0.25) is 0 Å². The van der Waals surface area contributed by atoms with E-state index in [1.807, 2.05) is 0 Å². The van der Waals surface area contributed by atoms with Crippen molar-refractivity contribution < 1.29 is 12.6 Å². The van der Waals surface area contributed by atoms with Gasteiger partial charge in [0.1, 0.15) is 0 Å². The average Bonchev–Trinajstić information content (AvgIpc) is 3.22.